The van der Waals surface area contributed by atoms with E-state index in [2.05, 4.69) is 45.2 Å². The van der Waals surface area contributed by atoms with Crippen molar-refractivity contribution in [1.82, 2.24) is 0 Å². The summed E-state index contributed by atoms with van der Waals surface area (Å²) in [6.07, 6.45) is 0. The Hall–Kier alpha value is -0.710. The third-order valence-electron chi connectivity index (χ3n) is 2.83. The number of rotatable bonds is 4. The van der Waals surface area contributed by atoms with Gasteiger partial charge in [-0.25, -0.2) is 0 Å². The standard InChI is InChI=1S/C14H16BrClN2S/c1-9(13-6-7-14(15)19-13)17-11-8-10(16)4-5-12(11)18(2)3/h4-9,17H,1-3H3. The predicted molar refractivity (Wildman–Crippen MR) is 89.8 cm³/mol. The second-order valence-corrected chi connectivity index (χ2v) is 7.49. The van der Waals surface area contributed by atoms with Crippen molar-refractivity contribution in [1.29, 1.82) is 0 Å². The fraction of sp³-hybridized carbons (Fsp3) is 0.286. The quantitative estimate of drug-likeness (QED) is 0.786. The summed E-state index contributed by atoms with van der Waals surface area (Å²) in [4.78, 5) is 3.37. The molecule has 0 aliphatic heterocycles. The van der Waals surface area contributed by atoms with Crippen molar-refractivity contribution in [3.63, 3.8) is 0 Å². The van der Waals surface area contributed by atoms with E-state index in [1.807, 2.05) is 32.3 Å². The molecule has 0 amide bonds. The number of thiophene rings is 1. The van der Waals surface area contributed by atoms with Crippen LogP contribution in [0, 0.1) is 0 Å². The second kappa shape index (κ2) is 6.16. The Morgan fingerprint density at radius 2 is 2.00 bits per heavy atom. The van der Waals surface area contributed by atoms with E-state index in [1.165, 1.54) is 4.88 Å². The average Bonchev–Trinajstić information content (AvgIpc) is 2.75. The van der Waals surface area contributed by atoms with Crippen LogP contribution < -0.4 is 10.2 Å². The van der Waals surface area contributed by atoms with Gasteiger partial charge >= 0.3 is 0 Å². The topological polar surface area (TPSA) is 15.3 Å². The molecule has 1 aromatic carbocycles. The highest BCUT2D eigenvalue weighted by Crippen LogP contribution is 2.33. The van der Waals surface area contributed by atoms with Crippen molar-refractivity contribution in [3.8, 4) is 0 Å². The minimum absolute atomic E-state index is 0.244. The summed E-state index contributed by atoms with van der Waals surface area (Å²) in [5, 5.41) is 4.27. The Labute approximate surface area is 131 Å². The molecule has 1 atom stereocenters. The number of benzene rings is 1. The zero-order chi connectivity index (χ0) is 14.0. The van der Waals surface area contributed by atoms with Gasteiger partial charge in [-0.05, 0) is 53.2 Å². The molecule has 19 heavy (non-hydrogen) atoms. The smallest absolute Gasteiger partial charge is 0.0702 e. The number of nitrogens with one attached hydrogen (secondary N) is 1. The summed E-state index contributed by atoms with van der Waals surface area (Å²) >= 11 is 11.3. The Balaban J connectivity index is 2.25. The first-order chi connectivity index (χ1) is 8.97. The lowest BCUT2D eigenvalue weighted by atomic mass is 10.2. The molecule has 0 radical (unpaired) electrons. The molecule has 0 aliphatic carbocycles. The second-order valence-electron chi connectivity index (χ2n) is 4.56. The predicted octanol–water partition coefficient (Wildman–Crippen LogP) is 5.40. The Bertz CT molecular complexity index is 568. The summed E-state index contributed by atoms with van der Waals surface area (Å²) in [7, 11) is 4.06. The molecule has 1 aromatic heterocycles. The summed E-state index contributed by atoms with van der Waals surface area (Å²) in [5.74, 6) is 0. The molecule has 1 N–H and O–H groups in total. The average molecular weight is 360 g/mol. The van der Waals surface area contributed by atoms with E-state index in [1.54, 1.807) is 11.3 Å². The molecule has 2 nitrogen and oxygen atoms in total. The molecule has 0 spiro atoms. The number of hydrogen-bond acceptors (Lipinski definition) is 3. The highest BCUT2D eigenvalue weighted by molar-refractivity contribution is 9.11. The third kappa shape index (κ3) is 3.65. The van der Waals surface area contributed by atoms with Gasteiger partial charge in [0.05, 0.1) is 21.2 Å². The lowest BCUT2D eigenvalue weighted by Crippen LogP contribution is -2.13. The molecule has 0 saturated carbocycles. The van der Waals surface area contributed by atoms with Gasteiger partial charge in [0, 0.05) is 24.0 Å². The van der Waals surface area contributed by atoms with Gasteiger partial charge in [0.1, 0.15) is 0 Å². The van der Waals surface area contributed by atoms with Crippen LogP contribution in [0.15, 0.2) is 34.1 Å². The fourth-order valence-corrected chi connectivity index (χ4v) is 3.48. The summed E-state index contributed by atoms with van der Waals surface area (Å²) in [6.45, 7) is 2.15. The van der Waals surface area contributed by atoms with E-state index < -0.39 is 0 Å². The van der Waals surface area contributed by atoms with E-state index >= 15 is 0 Å². The van der Waals surface area contributed by atoms with Gasteiger partial charge in [0.15, 0.2) is 0 Å². The molecule has 5 heteroatoms. The third-order valence-corrected chi connectivity index (χ3v) is 4.87. The molecule has 102 valence electrons. The summed E-state index contributed by atoms with van der Waals surface area (Å²) in [6, 6.07) is 10.4. The SMILES string of the molecule is CC(Nc1cc(Cl)ccc1N(C)C)c1ccc(Br)s1. The van der Waals surface area contributed by atoms with Crippen molar-refractivity contribution in [2.75, 3.05) is 24.3 Å². The van der Waals surface area contributed by atoms with E-state index in [-0.39, 0.29) is 6.04 Å². The lowest BCUT2D eigenvalue weighted by Gasteiger charge is -2.21. The zero-order valence-electron chi connectivity index (χ0n) is 11.1. The van der Waals surface area contributed by atoms with Crippen molar-refractivity contribution in [3.05, 3.63) is 44.0 Å². The van der Waals surface area contributed by atoms with Gasteiger partial charge in [-0.15, -0.1) is 11.3 Å². The van der Waals surface area contributed by atoms with Gasteiger partial charge in [0.2, 0.25) is 0 Å². The molecule has 0 aliphatic rings. The molecule has 2 rings (SSSR count). The largest absolute Gasteiger partial charge is 0.376 e. The lowest BCUT2D eigenvalue weighted by molar-refractivity contribution is 0.905. The van der Waals surface area contributed by atoms with Crippen LogP contribution in [0.4, 0.5) is 11.4 Å². The van der Waals surface area contributed by atoms with Crippen LogP contribution in [0.2, 0.25) is 5.02 Å². The van der Waals surface area contributed by atoms with Gasteiger partial charge in [-0.3, -0.25) is 0 Å². The van der Waals surface area contributed by atoms with E-state index in [4.69, 9.17) is 11.6 Å². The molecule has 1 heterocycles. The highest BCUT2D eigenvalue weighted by atomic mass is 79.9. The minimum Gasteiger partial charge on any atom is -0.376 e. The number of hydrogen-bond donors (Lipinski definition) is 1. The Morgan fingerprint density at radius 1 is 1.26 bits per heavy atom. The van der Waals surface area contributed by atoms with Crippen LogP contribution >= 0.6 is 38.9 Å². The molecule has 1 unspecified atom stereocenters. The van der Waals surface area contributed by atoms with Crippen molar-refractivity contribution in [2.24, 2.45) is 0 Å². The fourth-order valence-electron chi connectivity index (χ4n) is 1.88. The monoisotopic (exact) mass is 358 g/mol. The maximum Gasteiger partial charge on any atom is 0.0702 e. The molecular formula is C14H16BrClN2S. The first kappa shape index (κ1) is 14.7. The number of anilines is 2. The Kier molecular flexibility index (Phi) is 4.76. The number of halogens is 2. The van der Waals surface area contributed by atoms with Crippen LogP contribution in [0.1, 0.15) is 17.8 Å². The normalized spacial score (nSPS) is 12.3. The van der Waals surface area contributed by atoms with Gasteiger partial charge in [-0.2, -0.15) is 0 Å². The van der Waals surface area contributed by atoms with Crippen LogP contribution in [0.3, 0.4) is 0 Å². The highest BCUT2D eigenvalue weighted by Gasteiger charge is 2.12. The van der Waals surface area contributed by atoms with Crippen molar-refractivity contribution < 1.29 is 0 Å². The molecule has 0 saturated heterocycles. The van der Waals surface area contributed by atoms with Gasteiger partial charge < -0.3 is 10.2 Å². The molecular weight excluding hydrogens is 344 g/mol. The number of nitrogens with zero attached hydrogens (tertiary/aromatic N) is 1. The van der Waals surface area contributed by atoms with Gasteiger partial charge in [-0.1, -0.05) is 11.6 Å². The minimum atomic E-state index is 0.244. The maximum absolute atomic E-state index is 6.09. The first-order valence-corrected chi connectivity index (χ1v) is 7.95. The van der Waals surface area contributed by atoms with Crippen molar-refractivity contribution >= 4 is 50.2 Å². The first-order valence-electron chi connectivity index (χ1n) is 5.96. The summed E-state index contributed by atoms with van der Waals surface area (Å²) in [5.41, 5.74) is 2.18. The maximum atomic E-state index is 6.09. The molecule has 0 fully saturated rings. The van der Waals surface area contributed by atoms with Crippen LogP contribution in [-0.2, 0) is 0 Å². The molecule has 0 bridgehead atoms. The molecule has 2 aromatic rings. The van der Waals surface area contributed by atoms with E-state index in [9.17, 15) is 0 Å². The van der Waals surface area contributed by atoms with E-state index in [0.29, 0.717) is 0 Å². The van der Waals surface area contributed by atoms with Crippen LogP contribution in [0.25, 0.3) is 0 Å². The van der Waals surface area contributed by atoms with Gasteiger partial charge in [0.25, 0.3) is 0 Å². The van der Waals surface area contributed by atoms with Crippen LogP contribution in [0.5, 0.6) is 0 Å². The summed E-state index contributed by atoms with van der Waals surface area (Å²) < 4.78 is 1.15. The van der Waals surface area contributed by atoms with Crippen molar-refractivity contribution in [2.45, 2.75) is 13.0 Å². The van der Waals surface area contributed by atoms with E-state index in [0.717, 1.165) is 20.2 Å². The Morgan fingerprint density at radius 3 is 2.58 bits per heavy atom. The zero-order valence-corrected chi connectivity index (χ0v) is 14.2. The van der Waals surface area contributed by atoms with Crippen LogP contribution in [-0.4, -0.2) is 14.1 Å².